The van der Waals surface area contributed by atoms with E-state index in [-0.39, 0.29) is 17.9 Å². The van der Waals surface area contributed by atoms with E-state index >= 15 is 0 Å². The van der Waals surface area contributed by atoms with Crippen molar-refractivity contribution in [3.63, 3.8) is 0 Å². The number of oxazole rings is 1. The standard InChI is InChI=1S/C15H22N2O4/c18-13-4-2-1-3-11(13)16-14(19)12-9-21-15(17-12)10-5-7-20-8-6-10/h9-11,13,18H,1-8H2,(H,16,19)/t11-,13-/m1/s1. The molecule has 2 atom stereocenters. The summed E-state index contributed by atoms with van der Waals surface area (Å²) < 4.78 is 10.8. The van der Waals surface area contributed by atoms with Crippen LogP contribution < -0.4 is 5.32 Å². The van der Waals surface area contributed by atoms with Gasteiger partial charge < -0.3 is 19.6 Å². The maximum atomic E-state index is 12.2. The third-order valence-electron chi connectivity index (χ3n) is 4.37. The number of nitrogens with zero attached hydrogens (tertiary/aromatic N) is 1. The number of nitrogens with one attached hydrogen (secondary N) is 1. The van der Waals surface area contributed by atoms with Crippen LogP contribution in [-0.2, 0) is 4.74 Å². The SMILES string of the molecule is O=C(N[C@@H]1CCCC[C@H]1O)c1coc(C2CCOCC2)n1. The molecule has 1 saturated carbocycles. The molecule has 116 valence electrons. The van der Waals surface area contributed by atoms with Crippen LogP contribution in [0.15, 0.2) is 10.7 Å². The van der Waals surface area contributed by atoms with Crippen molar-refractivity contribution in [1.82, 2.24) is 10.3 Å². The molecule has 0 bridgehead atoms. The van der Waals surface area contributed by atoms with E-state index in [1.807, 2.05) is 0 Å². The van der Waals surface area contributed by atoms with Gasteiger partial charge in [0.25, 0.3) is 5.91 Å². The minimum absolute atomic E-state index is 0.172. The van der Waals surface area contributed by atoms with Crippen LogP contribution in [0.4, 0.5) is 0 Å². The molecule has 0 spiro atoms. The summed E-state index contributed by atoms with van der Waals surface area (Å²) in [6.07, 6.45) is 6.33. The Morgan fingerprint density at radius 3 is 2.76 bits per heavy atom. The number of rotatable bonds is 3. The van der Waals surface area contributed by atoms with E-state index in [2.05, 4.69) is 10.3 Å². The first-order valence-corrected chi connectivity index (χ1v) is 7.76. The Balaban J connectivity index is 1.60. The van der Waals surface area contributed by atoms with Gasteiger partial charge in [-0.15, -0.1) is 0 Å². The number of aliphatic hydroxyl groups is 1. The van der Waals surface area contributed by atoms with Gasteiger partial charge in [0.1, 0.15) is 6.26 Å². The fourth-order valence-corrected chi connectivity index (χ4v) is 3.05. The molecule has 1 aromatic heterocycles. The van der Waals surface area contributed by atoms with E-state index in [1.54, 1.807) is 0 Å². The van der Waals surface area contributed by atoms with Crippen molar-refractivity contribution in [2.75, 3.05) is 13.2 Å². The zero-order chi connectivity index (χ0) is 14.7. The molecule has 1 saturated heterocycles. The molecular weight excluding hydrogens is 272 g/mol. The van der Waals surface area contributed by atoms with Gasteiger partial charge in [0.2, 0.25) is 0 Å². The van der Waals surface area contributed by atoms with Gasteiger partial charge in [0, 0.05) is 19.1 Å². The molecular formula is C15H22N2O4. The van der Waals surface area contributed by atoms with E-state index in [0.717, 1.165) is 38.5 Å². The van der Waals surface area contributed by atoms with Crippen LogP contribution in [0.1, 0.15) is 60.8 Å². The quantitative estimate of drug-likeness (QED) is 0.884. The maximum absolute atomic E-state index is 12.2. The topological polar surface area (TPSA) is 84.6 Å². The summed E-state index contributed by atoms with van der Waals surface area (Å²) in [5.74, 6) is 0.594. The number of ether oxygens (including phenoxy) is 1. The Kier molecular flexibility index (Phi) is 4.55. The molecule has 3 rings (SSSR count). The Labute approximate surface area is 123 Å². The summed E-state index contributed by atoms with van der Waals surface area (Å²) >= 11 is 0. The summed E-state index contributed by atoms with van der Waals surface area (Å²) in [7, 11) is 0. The Morgan fingerprint density at radius 1 is 1.24 bits per heavy atom. The summed E-state index contributed by atoms with van der Waals surface area (Å²) in [4.78, 5) is 16.5. The van der Waals surface area contributed by atoms with Crippen LogP contribution in [0.2, 0.25) is 0 Å². The van der Waals surface area contributed by atoms with Crippen LogP contribution >= 0.6 is 0 Å². The lowest BCUT2D eigenvalue weighted by Gasteiger charge is -2.27. The molecule has 1 amide bonds. The number of aliphatic hydroxyl groups excluding tert-OH is 1. The van der Waals surface area contributed by atoms with Gasteiger partial charge in [-0.1, -0.05) is 12.8 Å². The van der Waals surface area contributed by atoms with Gasteiger partial charge in [-0.2, -0.15) is 0 Å². The van der Waals surface area contributed by atoms with Gasteiger partial charge in [-0.05, 0) is 25.7 Å². The minimum Gasteiger partial charge on any atom is -0.448 e. The lowest BCUT2D eigenvalue weighted by Crippen LogP contribution is -2.45. The Morgan fingerprint density at radius 2 is 2.00 bits per heavy atom. The van der Waals surface area contributed by atoms with Gasteiger partial charge in [0.15, 0.2) is 11.6 Å². The van der Waals surface area contributed by atoms with Crippen LogP contribution in [0.3, 0.4) is 0 Å². The van der Waals surface area contributed by atoms with Crippen molar-refractivity contribution >= 4 is 5.91 Å². The number of aromatic nitrogens is 1. The highest BCUT2D eigenvalue weighted by Gasteiger charge is 2.27. The molecule has 2 heterocycles. The molecule has 1 aliphatic heterocycles. The van der Waals surface area contributed by atoms with Crippen molar-refractivity contribution in [3.05, 3.63) is 17.8 Å². The number of carbonyl (C=O) groups excluding carboxylic acids is 1. The lowest BCUT2D eigenvalue weighted by molar-refractivity contribution is 0.0713. The van der Waals surface area contributed by atoms with Crippen LogP contribution in [0.5, 0.6) is 0 Å². The molecule has 2 aliphatic rings. The van der Waals surface area contributed by atoms with Crippen LogP contribution in [0.25, 0.3) is 0 Å². The minimum atomic E-state index is -0.454. The second kappa shape index (κ2) is 6.58. The number of carbonyl (C=O) groups is 1. The molecule has 6 heteroatoms. The summed E-state index contributed by atoms with van der Waals surface area (Å²) in [5.41, 5.74) is 0.300. The van der Waals surface area contributed by atoms with Crippen molar-refractivity contribution in [3.8, 4) is 0 Å². The zero-order valence-corrected chi connectivity index (χ0v) is 12.1. The molecule has 1 aliphatic carbocycles. The largest absolute Gasteiger partial charge is 0.448 e. The smallest absolute Gasteiger partial charge is 0.273 e. The summed E-state index contributed by atoms with van der Waals surface area (Å²) in [5, 5.41) is 12.8. The van der Waals surface area contributed by atoms with Gasteiger partial charge >= 0.3 is 0 Å². The van der Waals surface area contributed by atoms with Gasteiger partial charge in [-0.3, -0.25) is 4.79 Å². The molecule has 1 aromatic rings. The molecule has 0 aromatic carbocycles. The second-order valence-corrected chi connectivity index (χ2v) is 5.89. The van der Waals surface area contributed by atoms with E-state index < -0.39 is 6.10 Å². The first-order chi connectivity index (χ1) is 10.2. The fraction of sp³-hybridized carbons (Fsp3) is 0.733. The molecule has 2 fully saturated rings. The third-order valence-corrected chi connectivity index (χ3v) is 4.37. The first-order valence-electron chi connectivity index (χ1n) is 7.76. The van der Waals surface area contributed by atoms with Crippen molar-refractivity contribution in [2.24, 2.45) is 0 Å². The average Bonchev–Trinajstić information content (AvgIpc) is 3.00. The Bertz CT molecular complexity index is 482. The highest BCUT2D eigenvalue weighted by molar-refractivity contribution is 5.92. The number of hydrogen-bond donors (Lipinski definition) is 2. The zero-order valence-electron chi connectivity index (χ0n) is 12.1. The lowest BCUT2D eigenvalue weighted by atomic mass is 9.92. The maximum Gasteiger partial charge on any atom is 0.273 e. The van der Waals surface area contributed by atoms with Gasteiger partial charge in [-0.25, -0.2) is 4.98 Å². The summed E-state index contributed by atoms with van der Waals surface area (Å²) in [6, 6.07) is -0.172. The predicted molar refractivity (Wildman–Crippen MR) is 75.0 cm³/mol. The van der Waals surface area contributed by atoms with E-state index in [1.165, 1.54) is 6.26 Å². The second-order valence-electron chi connectivity index (χ2n) is 5.89. The fourth-order valence-electron chi connectivity index (χ4n) is 3.05. The molecule has 0 unspecified atom stereocenters. The van der Waals surface area contributed by atoms with E-state index in [9.17, 15) is 9.90 Å². The summed E-state index contributed by atoms with van der Waals surface area (Å²) in [6.45, 7) is 1.42. The number of amides is 1. The monoisotopic (exact) mass is 294 g/mol. The molecule has 2 N–H and O–H groups in total. The first kappa shape index (κ1) is 14.5. The van der Waals surface area contributed by atoms with E-state index in [0.29, 0.717) is 24.8 Å². The predicted octanol–water partition coefficient (Wildman–Crippen LogP) is 1.60. The van der Waals surface area contributed by atoms with Crippen LogP contribution in [-0.4, -0.2) is 41.4 Å². The Hall–Kier alpha value is -1.40. The highest BCUT2D eigenvalue weighted by Crippen LogP contribution is 2.26. The van der Waals surface area contributed by atoms with E-state index in [4.69, 9.17) is 9.15 Å². The van der Waals surface area contributed by atoms with Gasteiger partial charge in [0.05, 0.1) is 12.1 Å². The van der Waals surface area contributed by atoms with Crippen molar-refractivity contribution in [2.45, 2.75) is 56.6 Å². The van der Waals surface area contributed by atoms with Crippen molar-refractivity contribution in [1.29, 1.82) is 0 Å². The average molecular weight is 294 g/mol. The van der Waals surface area contributed by atoms with Crippen molar-refractivity contribution < 1.29 is 19.1 Å². The molecule has 0 radical (unpaired) electrons. The molecule has 6 nitrogen and oxygen atoms in total. The third kappa shape index (κ3) is 3.44. The van der Waals surface area contributed by atoms with Crippen LogP contribution in [0, 0.1) is 0 Å². The molecule has 21 heavy (non-hydrogen) atoms. The normalized spacial score (nSPS) is 27.5. The number of hydrogen-bond acceptors (Lipinski definition) is 5. The highest BCUT2D eigenvalue weighted by atomic mass is 16.5.